The van der Waals surface area contributed by atoms with Gasteiger partial charge in [-0.2, -0.15) is 0 Å². The first-order valence-corrected chi connectivity index (χ1v) is 8.07. The van der Waals surface area contributed by atoms with Crippen molar-refractivity contribution in [3.63, 3.8) is 0 Å². The highest BCUT2D eigenvalue weighted by Crippen LogP contribution is 2.52. The fourth-order valence-electron chi connectivity index (χ4n) is 3.30. The molecule has 0 saturated heterocycles. The summed E-state index contributed by atoms with van der Waals surface area (Å²) in [5.74, 6) is 0. The van der Waals surface area contributed by atoms with Gasteiger partial charge in [0.1, 0.15) is 0 Å². The summed E-state index contributed by atoms with van der Waals surface area (Å²) in [7, 11) is 0. The first-order valence-electron chi connectivity index (χ1n) is 7.19. The molecule has 1 aliphatic carbocycles. The van der Waals surface area contributed by atoms with Crippen LogP contribution in [0.15, 0.2) is 47.8 Å². The molecule has 1 nitrogen and oxygen atoms in total. The van der Waals surface area contributed by atoms with Crippen LogP contribution in [0.1, 0.15) is 42.7 Å². The van der Waals surface area contributed by atoms with Crippen LogP contribution in [0.3, 0.4) is 0 Å². The van der Waals surface area contributed by atoms with Crippen LogP contribution in [-0.2, 0) is 5.41 Å². The Hall–Kier alpha value is -1.12. The van der Waals surface area contributed by atoms with Crippen LogP contribution < -0.4 is 5.32 Å². The maximum atomic E-state index is 3.74. The topological polar surface area (TPSA) is 12.0 Å². The number of rotatable bonds is 5. The SMILES string of the molecule is CCNC(c1cccs1)C1(c2ccccc2)CCC1. The summed E-state index contributed by atoms with van der Waals surface area (Å²) in [6.07, 6.45) is 3.95. The summed E-state index contributed by atoms with van der Waals surface area (Å²) in [6, 6.07) is 16.0. The molecule has 3 rings (SSSR count). The number of hydrogen-bond donors (Lipinski definition) is 1. The molecule has 2 aromatic rings. The Morgan fingerprint density at radius 3 is 2.47 bits per heavy atom. The van der Waals surface area contributed by atoms with Gasteiger partial charge in [0.2, 0.25) is 0 Å². The summed E-state index contributed by atoms with van der Waals surface area (Å²) in [6.45, 7) is 3.23. The molecular weight excluding hydrogens is 250 g/mol. The van der Waals surface area contributed by atoms with E-state index in [-0.39, 0.29) is 0 Å². The second-order valence-electron chi connectivity index (χ2n) is 5.38. The Morgan fingerprint density at radius 2 is 1.95 bits per heavy atom. The zero-order valence-corrected chi connectivity index (χ0v) is 12.2. The quantitative estimate of drug-likeness (QED) is 0.843. The molecule has 1 aromatic heterocycles. The molecule has 100 valence electrons. The van der Waals surface area contributed by atoms with E-state index in [1.54, 1.807) is 0 Å². The molecular formula is C17H21NS. The van der Waals surface area contributed by atoms with E-state index >= 15 is 0 Å². The molecule has 2 heteroatoms. The minimum absolute atomic E-state index is 0.308. The van der Waals surface area contributed by atoms with Crippen molar-refractivity contribution in [1.82, 2.24) is 5.32 Å². The van der Waals surface area contributed by atoms with Gasteiger partial charge in [0.15, 0.2) is 0 Å². The summed E-state index contributed by atoms with van der Waals surface area (Å²) < 4.78 is 0. The number of nitrogens with one attached hydrogen (secondary N) is 1. The van der Waals surface area contributed by atoms with E-state index in [2.05, 4.69) is 60.1 Å². The van der Waals surface area contributed by atoms with E-state index in [4.69, 9.17) is 0 Å². The van der Waals surface area contributed by atoms with Gasteiger partial charge in [0.25, 0.3) is 0 Å². The Labute approximate surface area is 119 Å². The van der Waals surface area contributed by atoms with Crippen LogP contribution in [0.2, 0.25) is 0 Å². The Morgan fingerprint density at radius 1 is 1.16 bits per heavy atom. The third-order valence-corrected chi connectivity index (χ3v) is 5.32. The third-order valence-electron chi connectivity index (χ3n) is 4.38. The van der Waals surface area contributed by atoms with Crippen molar-refractivity contribution in [2.75, 3.05) is 6.54 Å². The van der Waals surface area contributed by atoms with Crippen molar-refractivity contribution >= 4 is 11.3 Å². The third kappa shape index (κ3) is 2.24. The molecule has 1 aliphatic rings. The Kier molecular flexibility index (Phi) is 3.72. The lowest BCUT2D eigenvalue weighted by molar-refractivity contribution is 0.173. The van der Waals surface area contributed by atoms with Crippen molar-refractivity contribution in [2.45, 2.75) is 37.6 Å². The van der Waals surface area contributed by atoms with Gasteiger partial charge in [-0.15, -0.1) is 11.3 Å². The highest BCUT2D eigenvalue weighted by atomic mass is 32.1. The van der Waals surface area contributed by atoms with Crippen molar-refractivity contribution in [3.8, 4) is 0 Å². The zero-order chi connectivity index (χ0) is 13.1. The van der Waals surface area contributed by atoms with Crippen molar-refractivity contribution < 1.29 is 0 Å². The summed E-state index contributed by atoms with van der Waals surface area (Å²) in [4.78, 5) is 1.48. The minimum Gasteiger partial charge on any atom is -0.309 e. The van der Waals surface area contributed by atoms with E-state index in [1.807, 2.05) is 11.3 Å². The predicted molar refractivity (Wildman–Crippen MR) is 82.7 cm³/mol. The molecule has 1 saturated carbocycles. The maximum Gasteiger partial charge on any atom is 0.0512 e. The molecule has 1 aromatic carbocycles. The first kappa shape index (κ1) is 12.9. The smallest absolute Gasteiger partial charge is 0.0512 e. The lowest BCUT2D eigenvalue weighted by Crippen LogP contribution is -2.46. The second kappa shape index (κ2) is 5.48. The molecule has 19 heavy (non-hydrogen) atoms. The Balaban J connectivity index is 1.99. The second-order valence-corrected chi connectivity index (χ2v) is 6.36. The fourth-order valence-corrected chi connectivity index (χ4v) is 4.22. The average molecular weight is 271 g/mol. The summed E-state index contributed by atoms with van der Waals surface area (Å²) in [5.41, 5.74) is 1.81. The van der Waals surface area contributed by atoms with Crippen molar-refractivity contribution in [1.29, 1.82) is 0 Å². The zero-order valence-electron chi connectivity index (χ0n) is 11.4. The predicted octanol–water partition coefficient (Wildman–Crippen LogP) is 4.52. The summed E-state index contributed by atoms with van der Waals surface area (Å²) in [5, 5.41) is 5.93. The maximum absolute atomic E-state index is 3.74. The van der Waals surface area contributed by atoms with Crippen LogP contribution in [0.5, 0.6) is 0 Å². The molecule has 1 heterocycles. The van der Waals surface area contributed by atoms with Gasteiger partial charge in [0, 0.05) is 10.3 Å². The molecule has 0 aliphatic heterocycles. The van der Waals surface area contributed by atoms with Gasteiger partial charge in [0.05, 0.1) is 6.04 Å². The molecule has 1 unspecified atom stereocenters. The van der Waals surface area contributed by atoms with Gasteiger partial charge < -0.3 is 5.32 Å². The highest BCUT2D eigenvalue weighted by Gasteiger charge is 2.46. The highest BCUT2D eigenvalue weighted by molar-refractivity contribution is 7.10. The van der Waals surface area contributed by atoms with E-state index in [0.717, 1.165) is 6.54 Å². The molecule has 0 bridgehead atoms. The van der Waals surface area contributed by atoms with E-state index in [9.17, 15) is 0 Å². The monoisotopic (exact) mass is 271 g/mol. The fraction of sp³-hybridized carbons (Fsp3) is 0.412. The lowest BCUT2D eigenvalue weighted by atomic mass is 9.59. The van der Waals surface area contributed by atoms with Crippen molar-refractivity contribution in [2.24, 2.45) is 0 Å². The minimum atomic E-state index is 0.308. The summed E-state index contributed by atoms with van der Waals surface area (Å²) >= 11 is 1.88. The average Bonchev–Trinajstić information content (AvgIpc) is 2.91. The number of thiophene rings is 1. The van der Waals surface area contributed by atoms with Crippen LogP contribution in [0.4, 0.5) is 0 Å². The van der Waals surface area contributed by atoms with E-state index < -0.39 is 0 Å². The molecule has 0 radical (unpaired) electrons. The van der Waals surface area contributed by atoms with E-state index in [0.29, 0.717) is 11.5 Å². The van der Waals surface area contributed by atoms with Gasteiger partial charge in [-0.05, 0) is 36.4 Å². The number of benzene rings is 1. The number of hydrogen-bond acceptors (Lipinski definition) is 2. The van der Waals surface area contributed by atoms with Crippen LogP contribution in [-0.4, -0.2) is 6.54 Å². The normalized spacial score (nSPS) is 18.8. The van der Waals surface area contributed by atoms with Crippen LogP contribution >= 0.6 is 11.3 Å². The first-order chi connectivity index (χ1) is 9.37. The lowest BCUT2D eigenvalue weighted by Gasteiger charge is -2.48. The number of likely N-dealkylation sites (N-methyl/N-ethyl adjacent to an activating group) is 1. The molecule has 1 fully saturated rings. The largest absolute Gasteiger partial charge is 0.309 e. The van der Waals surface area contributed by atoms with Gasteiger partial charge in [-0.1, -0.05) is 49.7 Å². The van der Waals surface area contributed by atoms with Gasteiger partial charge in [-0.3, -0.25) is 0 Å². The molecule has 1 atom stereocenters. The van der Waals surface area contributed by atoms with Gasteiger partial charge in [-0.25, -0.2) is 0 Å². The van der Waals surface area contributed by atoms with Crippen molar-refractivity contribution in [3.05, 3.63) is 58.3 Å². The van der Waals surface area contributed by atoms with Gasteiger partial charge >= 0.3 is 0 Å². The molecule has 0 spiro atoms. The van der Waals surface area contributed by atoms with Crippen LogP contribution in [0, 0.1) is 0 Å². The molecule has 1 N–H and O–H groups in total. The molecule has 0 amide bonds. The van der Waals surface area contributed by atoms with E-state index in [1.165, 1.54) is 29.7 Å². The standard InChI is InChI=1S/C17H21NS/c1-2-18-16(15-10-6-13-19-15)17(11-7-12-17)14-8-4-3-5-9-14/h3-6,8-10,13,16,18H,2,7,11-12H2,1H3. The van der Waals surface area contributed by atoms with Crippen LogP contribution in [0.25, 0.3) is 0 Å². The Bertz CT molecular complexity index is 499.